The Balaban J connectivity index is 1.33. The Kier molecular flexibility index (Phi) is 4.51. The van der Waals surface area contributed by atoms with Crippen molar-refractivity contribution in [3.63, 3.8) is 0 Å². The second-order valence-corrected chi connectivity index (χ2v) is 6.89. The summed E-state index contributed by atoms with van der Waals surface area (Å²) in [6.45, 7) is -0.471. The van der Waals surface area contributed by atoms with Gasteiger partial charge < -0.3 is 19.2 Å². The molecule has 2 heterocycles. The maximum atomic E-state index is 12.4. The van der Waals surface area contributed by atoms with Gasteiger partial charge in [0, 0.05) is 22.2 Å². The molecule has 8 nitrogen and oxygen atoms in total. The van der Waals surface area contributed by atoms with Gasteiger partial charge in [0.25, 0.3) is 5.91 Å². The van der Waals surface area contributed by atoms with E-state index in [0.29, 0.717) is 27.9 Å². The number of para-hydroxylation sites is 2. The Morgan fingerprint density at radius 2 is 1.77 bits per heavy atom. The molecule has 0 saturated carbocycles. The zero-order valence-corrected chi connectivity index (χ0v) is 16.5. The molecule has 0 bridgehead atoms. The molecule has 2 aromatic heterocycles. The Morgan fingerprint density at radius 1 is 1.00 bits per heavy atom. The van der Waals surface area contributed by atoms with Crippen molar-refractivity contribution in [1.82, 2.24) is 10.2 Å². The number of fused-ring (bicyclic) bond motifs is 4. The number of H-pyrrole nitrogens is 1. The van der Waals surface area contributed by atoms with Gasteiger partial charge in [0.2, 0.25) is 0 Å². The number of anilines is 1. The number of ether oxygens (including phenoxy) is 2. The van der Waals surface area contributed by atoms with Crippen LogP contribution in [-0.2, 0) is 9.53 Å². The van der Waals surface area contributed by atoms with Crippen LogP contribution in [0.3, 0.4) is 0 Å². The molecule has 0 aliphatic rings. The highest BCUT2D eigenvalue weighted by Gasteiger charge is 2.18. The molecule has 154 valence electrons. The minimum atomic E-state index is -0.688. The number of hydrogen-bond donors (Lipinski definition) is 2. The maximum Gasteiger partial charge on any atom is 0.359 e. The van der Waals surface area contributed by atoms with Gasteiger partial charge in [-0.15, -0.1) is 0 Å². The second-order valence-electron chi connectivity index (χ2n) is 6.89. The number of nitrogens with zero attached hydrogens (tertiary/aromatic N) is 1. The van der Waals surface area contributed by atoms with Crippen LogP contribution in [0.15, 0.2) is 65.1 Å². The number of benzene rings is 3. The van der Waals surface area contributed by atoms with E-state index in [2.05, 4.69) is 15.5 Å². The van der Waals surface area contributed by atoms with E-state index in [1.54, 1.807) is 30.3 Å². The van der Waals surface area contributed by atoms with E-state index in [4.69, 9.17) is 13.9 Å². The number of carbonyl (C=O) groups is 2. The summed E-state index contributed by atoms with van der Waals surface area (Å²) in [5, 5.41) is 11.9. The first-order valence-corrected chi connectivity index (χ1v) is 9.53. The predicted molar refractivity (Wildman–Crippen MR) is 115 cm³/mol. The van der Waals surface area contributed by atoms with E-state index >= 15 is 0 Å². The molecular formula is C23H17N3O5. The molecule has 5 rings (SSSR count). The summed E-state index contributed by atoms with van der Waals surface area (Å²) < 4.78 is 16.4. The molecule has 0 unspecified atom stereocenters. The third kappa shape index (κ3) is 3.33. The van der Waals surface area contributed by atoms with Crippen LogP contribution in [0.4, 0.5) is 5.69 Å². The number of methoxy groups -OCH3 is 1. The number of nitrogens with one attached hydrogen (secondary N) is 2. The zero-order valence-electron chi connectivity index (χ0n) is 16.5. The molecule has 8 heteroatoms. The largest absolute Gasteiger partial charge is 0.495 e. The smallest absolute Gasteiger partial charge is 0.359 e. The first-order valence-electron chi connectivity index (χ1n) is 9.53. The van der Waals surface area contributed by atoms with Crippen LogP contribution in [0.25, 0.3) is 32.8 Å². The third-order valence-corrected chi connectivity index (χ3v) is 4.97. The van der Waals surface area contributed by atoms with Crippen molar-refractivity contribution in [2.45, 2.75) is 0 Å². The lowest BCUT2D eigenvalue weighted by atomic mass is 10.1. The van der Waals surface area contributed by atoms with Crippen molar-refractivity contribution in [3.05, 3.63) is 66.4 Å². The Hall–Kier alpha value is -4.33. The van der Waals surface area contributed by atoms with E-state index in [1.165, 1.54) is 7.11 Å². The lowest BCUT2D eigenvalue weighted by molar-refractivity contribution is -0.119. The third-order valence-electron chi connectivity index (χ3n) is 4.97. The first-order chi connectivity index (χ1) is 15.1. The van der Waals surface area contributed by atoms with Crippen LogP contribution in [0.1, 0.15) is 10.5 Å². The Morgan fingerprint density at radius 3 is 2.61 bits per heavy atom. The second kappa shape index (κ2) is 7.49. The highest BCUT2D eigenvalue weighted by molar-refractivity contribution is 6.08. The minimum Gasteiger partial charge on any atom is -0.495 e. The van der Waals surface area contributed by atoms with Crippen LogP contribution >= 0.6 is 0 Å². The number of aromatic nitrogens is 2. The average molecular weight is 415 g/mol. The maximum absolute atomic E-state index is 12.4. The fourth-order valence-corrected chi connectivity index (χ4v) is 3.52. The fraction of sp³-hybridized carbons (Fsp3) is 0.0870. The zero-order chi connectivity index (χ0) is 21.4. The van der Waals surface area contributed by atoms with E-state index < -0.39 is 18.5 Å². The molecule has 0 aliphatic carbocycles. The summed E-state index contributed by atoms with van der Waals surface area (Å²) in [7, 11) is 1.52. The molecule has 0 aliphatic heterocycles. The number of furan rings is 1. The molecule has 3 aromatic carbocycles. The molecule has 1 amide bonds. The van der Waals surface area contributed by atoms with E-state index in [9.17, 15) is 9.59 Å². The van der Waals surface area contributed by atoms with Crippen LogP contribution in [0, 0.1) is 0 Å². The SMILES string of the molecule is COc1cc2c(cc1NC(=O)COC(=O)c1n[nH]c3ccccc13)oc1ccccc12. The van der Waals surface area contributed by atoms with Gasteiger partial charge in [-0.25, -0.2) is 4.79 Å². The monoisotopic (exact) mass is 415 g/mol. The normalized spacial score (nSPS) is 11.1. The number of rotatable bonds is 5. The minimum absolute atomic E-state index is 0.129. The summed E-state index contributed by atoms with van der Waals surface area (Å²) in [5.41, 5.74) is 2.60. The fourth-order valence-electron chi connectivity index (χ4n) is 3.52. The number of aromatic amines is 1. The van der Waals surface area contributed by atoms with E-state index in [0.717, 1.165) is 16.4 Å². The molecule has 0 spiro atoms. The Bertz CT molecular complexity index is 1450. The highest BCUT2D eigenvalue weighted by atomic mass is 16.5. The number of esters is 1. The van der Waals surface area contributed by atoms with Gasteiger partial charge in [0.15, 0.2) is 12.3 Å². The highest BCUT2D eigenvalue weighted by Crippen LogP contribution is 2.36. The molecule has 0 radical (unpaired) electrons. The molecule has 0 saturated heterocycles. The number of amides is 1. The molecule has 31 heavy (non-hydrogen) atoms. The van der Waals surface area contributed by atoms with Gasteiger partial charge in [-0.05, 0) is 18.2 Å². The summed E-state index contributed by atoms with van der Waals surface area (Å²) in [6.07, 6.45) is 0. The van der Waals surface area contributed by atoms with E-state index in [-0.39, 0.29) is 5.69 Å². The van der Waals surface area contributed by atoms with Crippen molar-refractivity contribution < 1.29 is 23.5 Å². The number of carbonyl (C=O) groups excluding carboxylic acids is 2. The topological polar surface area (TPSA) is 106 Å². The molecule has 2 N–H and O–H groups in total. The van der Waals surface area contributed by atoms with Crippen LogP contribution < -0.4 is 10.1 Å². The van der Waals surface area contributed by atoms with Gasteiger partial charge >= 0.3 is 5.97 Å². The lowest BCUT2D eigenvalue weighted by Gasteiger charge is -2.10. The molecular weight excluding hydrogens is 398 g/mol. The predicted octanol–water partition coefficient (Wildman–Crippen LogP) is 4.27. The standard InChI is InChI=1S/C23H17N3O5/c1-29-20-10-15-13-6-3-5-9-18(13)31-19(15)11-17(20)24-21(27)12-30-23(28)22-14-7-2-4-8-16(14)25-26-22/h2-11H,12H2,1H3,(H,24,27)(H,25,26). The van der Waals surface area contributed by atoms with Crippen LogP contribution in [0.5, 0.6) is 5.75 Å². The van der Waals surface area contributed by atoms with Crippen LogP contribution in [0.2, 0.25) is 0 Å². The van der Waals surface area contributed by atoms with Gasteiger partial charge in [0.1, 0.15) is 16.9 Å². The molecule has 0 atom stereocenters. The average Bonchev–Trinajstić information content (AvgIpc) is 3.38. The van der Waals surface area contributed by atoms with Crippen molar-refractivity contribution >= 4 is 50.4 Å². The van der Waals surface area contributed by atoms with Crippen molar-refractivity contribution in [2.24, 2.45) is 0 Å². The lowest BCUT2D eigenvalue weighted by Crippen LogP contribution is -2.21. The van der Waals surface area contributed by atoms with Gasteiger partial charge in [-0.2, -0.15) is 5.10 Å². The Labute approximate surface area is 175 Å². The van der Waals surface area contributed by atoms with Gasteiger partial charge in [0.05, 0.1) is 18.3 Å². The van der Waals surface area contributed by atoms with Crippen molar-refractivity contribution in [1.29, 1.82) is 0 Å². The van der Waals surface area contributed by atoms with Crippen molar-refractivity contribution in [3.8, 4) is 5.75 Å². The van der Waals surface area contributed by atoms with Crippen LogP contribution in [-0.4, -0.2) is 35.8 Å². The summed E-state index contributed by atoms with van der Waals surface area (Å²) in [4.78, 5) is 24.8. The number of hydrogen-bond acceptors (Lipinski definition) is 6. The van der Waals surface area contributed by atoms with Gasteiger partial charge in [-0.3, -0.25) is 9.89 Å². The van der Waals surface area contributed by atoms with E-state index in [1.807, 2.05) is 30.3 Å². The van der Waals surface area contributed by atoms with Gasteiger partial charge in [-0.1, -0.05) is 36.4 Å². The first kappa shape index (κ1) is 18.7. The van der Waals surface area contributed by atoms with Crippen molar-refractivity contribution in [2.75, 3.05) is 19.0 Å². The summed E-state index contributed by atoms with van der Waals surface area (Å²) in [5.74, 6) is -0.730. The molecule has 0 fully saturated rings. The summed E-state index contributed by atoms with van der Waals surface area (Å²) >= 11 is 0. The summed E-state index contributed by atoms with van der Waals surface area (Å²) in [6, 6.07) is 18.3. The quantitative estimate of drug-likeness (QED) is 0.415. The molecule has 5 aromatic rings.